The zero-order chi connectivity index (χ0) is 26.5. The number of carbonyl (C=O) groups excluding carboxylic acids is 3. The molecule has 1 saturated heterocycles. The zero-order valence-electron chi connectivity index (χ0n) is 19.3. The fourth-order valence-corrected chi connectivity index (χ4v) is 5.14. The van der Waals surface area contributed by atoms with Crippen LogP contribution >= 0.6 is 50.9 Å². The Bertz CT molecular complexity index is 1420. The van der Waals surface area contributed by atoms with Crippen LogP contribution in [-0.4, -0.2) is 35.7 Å². The third kappa shape index (κ3) is 6.48. The lowest BCUT2D eigenvalue weighted by Gasteiger charge is -2.14. The topological polar surface area (TPSA) is 84.9 Å². The molecule has 1 aliphatic rings. The van der Waals surface area contributed by atoms with Gasteiger partial charge in [0.15, 0.2) is 18.1 Å². The number of carbonyl (C=O) groups is 3. The molecular weight excluding hydrogens is 603 g/mol. The van der Waals surface area contributed by atoms with Crippen molar-refractivity contribution in [1.82, 2.24) is 4.90 Å². The third-order valence-electron chi connectivity index (χ3n) is 5.20. The molecule has 1 N–H and O–H groups in total. The minimum atomic E-state index is -0.436. The second-order valence-electron chi connectivity index (χ2n) is 7.71. The fraction of sp³-hybridized carbons (Fsp3) is 0.115. The second kappa shape index (κ2) is 12.0. The number of nitrogens with zero attached hydrogens (tertiary/aromatic N) is 1. The predicted molar refractivity (Wildman–Crippen MR) is 149 cm³/mol. The number of halogens is 3. The number of ether oxygens (including phenoxy) is 2. The Hall–Kier alpha value is -2.98. The Balaban J connectivity index is 1.48. The van der Waals surface area contributed by atoms with Crippen molar-refractivity contribution in [1.29, 1.82) is 0 Å². The van der Waals surface area contributed by atoms with Crippen LogP contribution in [-0.2, 0) is 16.1 Å². The van der Waals surface area contributed by atoms with Gasteiger partial charge in [0.2, 0.25) is 0 Å². The molecule has 0 saturated carbocycles. The molecule has 0 aliphatic carbocycles. The van der Waals surface area contributed by atoms with Crippen LogP contribution < -0.4 is 14.8 Å². The number of thioether (sulfide) groups is 1. The summed E-state index contributed by atoms with van der Waals surface area (Å²) in [5.41, 5.74) is 1.80. The van der Waals surface area contributed by atoms with E-state index in [1.54, 1.807) is 42.5 Å². The molecule has 0 atom stereocenters. The quantitative estimate of drug-likeness (QED) is 0.272. The van der Waals surface area contributed by atoms with E-state index in [1.165, 1.54) is 12.0 Å². The summed E-state index contributed by atoms with van der Waals surface area (Å²) in [5.74, 6) is -0.416. The Morgan fingerprint density at radius 1 is 1.08 bits per heavy atom. The molecule has 190 valence electrons. The summed E-state index contributed by atoms with van der Waals surface area (Å²) in [6, 6.07) is 17.4. The number of methoxy groups -OCH3 is 1. The number of rotatable bonds is 8. The maximum atomic E-state index is 13.0. The molecule has 3 amide bonds. The first-order chi connectivity index (χ1) is 17.8. The van der Waals surface area contributed by atoms with Crippen molar-refractivity contribution in [3.05, 3.63) is 91.2 Å². The average Bonchev–Trinajstić information content (AvgIpc) is 3.13. The van der Waals surface area contributed by atoms with E-state index in [2.05, 4.69) is 21.2 Å². The summed E-state index contributed by atoms with van der Waals surface area (Å²) in [6.45, 7) is -0.189. The van der Waals surface area contributed by atoms with Gasteiger partial charge in [-0.1, -0.05) is 69.5 Å². The summed E-state index contributed by atoms with van der Waals surface area (Å²) in [5, 5.41) is 2.87. The van der Waals surface area contributed by atoms with Crippen molar-refractivity contribution in [3.8, 4) is 11.5 Å². The summed E-state index contributed by atoms with van der Waals surface area (Å²) in [6.07, 6.45) is 1.56. The number of anilines is 1. The van der Waals surface area contributed by atoms with Gasteiger partial charge >= 0.3 is 0 Å². The lowest BCUT2D eigenvalue weighted by molar-refractivity contribution is -0.123. The number of para-hydroxylation sites is 1. The van der Waals surface area contributed by atoms with Crippen LogP contribution in [0.15, 0.2) is 70.0 Å². The van der Waals surface area contributed by atoms with Crippen molar-refractivity contribution in [3.63, 3.8) is 0 Å². The Labute approximate surface area is 235 Å². The number of imide groups is 1. The van der Waals surface area contributed by atoms with Crippen LogP contribution in [0.1, 0.15) is 11.1 Å². The summed E-state index contributed by atoms with van der Waals surface area (Å²) in [7, 11) is 1.43. The first-order valence-corrected chi connectivity index (χ1v) is 13.2. The molecule has 0 spiro atoms. The minimum Gasteiger partial charge on any atom is -0.493 e. The molecule has 3 aromatic carbocycles. The van der Waals surface area contributed by atoms with Gasteiger partial charge in [-0.25, -0.2) is 0 Å². The van der Waals surface area contributed by atoms with Crippen molar-refractivity contribution < 1.29 is 23.9 Å². The molecule has 1 aliphatic heterocycles. The van der Waals surface area contributed by atoms with E-state index in [9.17, 15) is 14.4 Å². The Kier molecular flexibility index (Phi) is 8.81. The summed E-state index contributed by atoms with van der Waals surface area (Å²) in [4.78, 5) is 39.3. The van der Waals surface area contributed by atoms with E-state index in [-0.39, 0.29) is 39.8 Å². The van der Waals surface area contributed by atoms with Gasteiger partial charge < -0.3 is 14.8 Å². The fourth-order valence-electron chi connectivity index (χ4n) is 3.43. The zero-order valence-corrected chi connectivity index (χ0v) is 23.2. The normalized spacial score (nSPS) is 14.3. The van der Waals surface area contributed by atoms with E-state index < -0.39 is 11.8 Å². The highest BCUT2D eigenvalue weighted by atomic mass is 79.9. The summed E-state index contributed by atoms with van der Waals surface area (Å²) >= 11 is 16.8. The first kappa shape index (κ1) is 27.1. The number of nitrogens with one attached hydrogen (secondary N) is 1. The number of benzene rings is 3. The smallest absolute Gasteiger partial charge is 0.293 e. The lowest BCUT2D eigenvalue weighted by atomic mass is 10.1. The van der Waals surface area contributed by atoms with Crippen LogP contribution in [0.5, 0.6) is 11.5 Å². The highest BCUT2D eigenvalue weighted by Gasteiger charge is 2.35. The van der Waals surface area contributed by atoms with E-state index in [4.69, 9.17) is 32.7 Å². The molecule has 11 heteroatoms. The van der Waals surface area contributed by atoms with Gasteiger partial charge in [0.25, 0.3) is 17.1 Å². The van der Waals surface area contributed by atoms with Crippen LogP contribution in [0.4, 0.5) is 10.5 Å². The number of hydrogen-bond donors (Lipinski definition) is 1. The maximum Gasteiger partial charge on any atom is 0.293 e. The molecule has 0 unspecified atom stereocenters. The van der Waals surface area contributed by atoms with Crippen LogP contribution in [0, 0.1) is 0 Å². The monoisotopic (exact) mass is 620 g/mol. The number of hydrogen-bond acceptors (Lipinski definition) is 6. The molecule has 0 bridgehead atoms. The van der Waals surface area contributed by atoms with Gasteiger partial charge in [-0.15, -0.1) is 0 Å². The minimum absolute atomic E-state index is 0.149. The van der Waals surface area contributed by atoms with E-state index >= 15 is 0 Å². The molecule has 1 fully saturated rings. The second-order valence-corrected chi connectivity index (χ2v) is 10.4. The van der Waals surface area contributed by atoms with Gasteiger partial charge in [0.1, 0.15) is 0 Å². The molecular formula is C26H19BrCl2N2O5S. The first-order valence-electron chi connectivity index (χ1n) is 10.8. The predicted octanol–water partition coefficient (Wildman–Crippen LogP) is 7.02. The van der Waals surface area contributed by atoms with E-state index in [0.29, 0.717) is 16.3 Å². The Morgan fingerprint density at radius 2 is 1.81 bits per heavy atom. The van der Waals surface area contributed by atoms with Gasteiger partial charge in [0, 0.05) is 4.47 Å². The third-order valence-corrected chi connectivity index (χ3v) is 7.50. The molecule has 1 heterocycles. The SMILES string of the molecule is COc1cc(/C=C2\SC(=O)N(Cc3ccccc3Br)C2=O)cc(Cl)c1OCC(=O)Nc1ccccc1Cl. The van der Waals surface area contributed by atoms with Gasteiger partial charge in [-0.2, -0.15) is 0 Å². The maximum absolute atomic E-state index is 13.0. The largest absolute Gasteiger partial charge is 0.493 e. The van der Waals surface area contributed by atoms with E-state index in [0.717, 1.165) is 21.8 Å². The van der Waals surface area contributed by atoms with Crippen LogP contribution in [0.2, 0.25) is 10.0 Å². The molecule has 37 heavy (non-hydrogen) atoms. The lowest BCUT2D eigenvalue weighted by Crippen LogP contribution is -2.27. The standard InChI is InChI=1S/C26H19BrCl2N2O5S/c1-35-21-11-15(10-19(29)24(21)36-14-23(32)30-20-9-5-4-8-18(20)28)12-22-25(33)31(26(34)37-22)13-16-6-2-3-7-17(16)27/h2-12H,13-14H2,1H3,(H,30,32)/b22-12-. The van der Waals surface area contributed by atoms with Crippen molar-refractivity contribution in [2.75, 3.05) is 19.0 Å². The van der Waals surface area contributed by atoms with Gasteiger partial charge in [-0.05, 0) is 59.3 Å². The Morgan fingerprint density at radius 3 is 2.54 bits per heavy atom. The van der Waals surface area contributed by atoms with Crippen molar-refractivity contribution >= 4 is 79.7 Å². The van der Waals surface area contributed by atoms with Crippen LogP contribution in [0.25, 0.3) is 6.08 Å². The van der Waals surface area contributed by atoms with Gasteiger partial charge in [-0.3, -0.25) is 19.3 Å². The molecule has 7 nitrogen and oxygen atoms in total. The highest BCUT2D eigenvalue weighted by molar-refractivity contribution is 9.10. The van der Waals surface area contributed by atoms with Gasteiger partial charge in [0.05, 0.1) is 34.3 Å². The molecule has 4 rings (SSSR count). The highest BCUT2D eigenvalue weighted by Crippen LogP contribution is 2.39. The molecule has 3 aromatic rings. The van der Waals surface area contributed by atoms with Crippen molar-refractivity contribution in [2.24, 2.45) is 0 Å². The molecule has 0 radical (unpaired) electrons. The van der Waals surface area contributed by atoms with Crippen molar-refractivity contribution in [2.45, 2.75) is 6.54 Å². The summed E-state index contributed by atoms with van der Waals surface area (Å²) < 4.78 is 11.8. The van der Waals surface area contributed by atoms with E-state index in [1.807, 2.05) is 24.3 Å². The number of amides is 3. The average molecular weight is 622 g/mol. The molecule has 0 aromatic heterocycles. The van der Waals surface area contributed by atoms with Crippen LogP contribution in [0.3, 0.4) is 0 Å².